The molecule has 70 valence electrons. The number of ether oxygens (including phenoxy) is 1. The molecule has 0 aromatic heterocycles. The molecule has 0 aliphatic heterocycles. The fourth-order valence-corrected chi connectivity index (χ4v) is 0.774. The summed E-state index contributed by atoms with van der Waals surface area (Å²) < 4.78 is 5.12. The molecular weight excluding hydrogens is 148 g/mol. The zero-order valence-corrected chi connectivity index (χ0v) is 8.85. The average molecular weight is 168 g/mol. The van der Waals surface area contributed by atoms with E-state index in [4.69, 9.17) is 4.74 Å². The summed E-state index contributed by atoms with van der Waals surface area (Å²) in [5.41, 5.74) is 0.253. The highest BCUT2D eigenvalue weighted by Gasteiger charge is 2.02. The molecule has 0 amide bonds. The van der Waals surface area contributed by atoms with Crippen LogP contribution in [0.15, 0.2) is 24.0 Å². The van der Waals surface area contributed by atoms with Crippen molar-refractivity contribution in [3.8, 4) is 0 Å². The van der Waals surface area contributed by atoms with Crippen molar-refractivity contribution in [3.63, 3.8) is 0 Å². The lowest BCUT2D eigenvalue weighted by atomic mass is 9.96. The van der Waals surface area contributed by atoms with Crippen molar-refractivity contribution in [1.29, 1.82) is 0 Å². The van der Waals surface area contributed by atoms with Crippen molar-refractivity contribution in [1.82, 2.24) is 0 Å². The second kappa shape index (κ2) is 5.02. The fourth-order valence-electron chi connectivity index (χ4n) is 0.774. The van der Waals surface area contributed by atoms with Gasteiger partial charge in [-0.1, -0.05) is 39.8 Å². The summed E-state index contributed by atoms with van der Waals surface area (Å²) in [6, 6.07) is 0. The Morgan fingerprint density at radius 2 is 1.92 bits per heavy atom. The third kappa shape index (κ3) is 6.02. The van der Waals surface area contributed by atoms with Gasteiger partial charge in [0.25, 0.3) is 0 Å². The van der Waals surface area contributed by atoms with Crippen LogP contribution in [0, 0.1) is 5.41 Å². The molecule has 0 aliphatic rings. The molecule has 1 nitrogen and oxygen atoms in total. The van der Waals surface area contributed by atoms with E-state index in [0.717, 1.165) is 12.2 Å². The van der Waals surface area contributed by atoms with Gasteiger partial charge in [-0.25, -0.2) is 0 Å². The Morgan fingerprint density at radius 3 is 2.25 bits per heavy atom. The number of methoxy groups -OCH3 is 1. The molecule has 0 N–H and O–H groups in total. The second-order valence-corrected chi connectivity index (χ2v) is 3.92. The fraction of sp³-hybridized carbons (Fsp3) is 0.636. The topological polar surface area (TPSA) is 9.23 Å². The molecule has 0 fully saturated rings. The summed E-state index contributed by atoms with van der Waals surface area (Å²) in [4.78, 5) is 0. The normalized spacial score (nSPS) is 13.9. The van der Waals surface area contributed by atoms with Crippen LogP contribution in [0.2, 0.25) is 0 Å². The van der Waals surface area contributed by atoms with Crippen LogP contribution in [0.1, 0.15) is 34.1 Å². The molecule has 0 spiro atoms. The number of hydrogen-bond donors (Lipinski definition) is 0. The average Bonchev–Trinajstić information content (AvgIpc) is 1.96. The lowest BCUT2D eigenvalue weighted by molar-refractivity contribution is 0.281. The molecule has 0 aromatic carbocycles. The minimum absolute atomic E-state index is 0.253. The van der Waals surface area contributed by atoms with Crippen LogP contribution >= 0.6 is 0 Å². The minimum Gasteiger partial charge on any atom is -0.501 e. The first kappa shape index (κ1) is 11.3. The molecule has 0 rings (SSSR count). The molecule has 0 radical (unpaired) electrons. The first-order valence-electron chi connectivity index (χ1n) is 4.42. The maximum absolute atomic E-state index is 5.12. The quantitative estimate of drug-likeness (QED) is 0.462. The van der Waals surface area contributed by atoms with Crippen molar-refractivity contribution in [3.05, 3.63) is 24.0 Å². The van der Waals surface area contributed by atoms with Gasteiger partial charge in [0.05, 0.1) is 12.9 Å². The Hall–Kier alpha value is -0.720. The van der Waals surface area contributed by atoms with Gasteiger partial charge < -0.3 is 4.74 Å². The summed E-state index contributed by atoms with van der Waals surface area (Å²) in [7, 11) is 1.71. The van der Waals surface area contributed by atoms with Gasteiger partial charge in [-0.2, -0.15) is 0 Å². The molecule has 1 heteroatoms. The third-order valence-electron chi connectivity index (χ3n) is 1.49. The Kier molecular flexibility index (Phi) is 4.72. The number of hydrogen-bond acceptors (Lipinski definition) is 1. The van der Waals surface area contributed by atoms with Crippen LogP contribution in [0.5, 0.6) is 0 Å². The summed E-state index contributed by atoms with van der Waals surface area (Å²) >= 11 is 0. The highest BCUT2D eigenvalue weighted by atomic mass is 16.5. The smallest absolute Gasteiger partial charge is 0.0952 e. The van der Waals surface area contributed by atoms with Crippen molar-refractivity contribution in [2.75, 3.05) is 7.11 Å². The van der Waals surface area contributed by atoms with Crippen LogP contribution in [-0.2, 0) is 4.74 Å². The Morgan fingerprint density at radius 1 is 1.33 bits per heavy atom. The summed E-state index contributed by atoms with van der Waals surface area (Å²) in [5.74, 6) is 1.02. The Bertz CT molecular complexity index is 164. The van der Waals surface area contributed by atoms with Gasteiger partial charge in [-0.3, -0.25) is 0 Å². The van der Waals surface area contributed by atoms with Crippen LogP contribution in [0.3, 0.4) is 0 Å². The highest BCUT2D eigenvalue weighted by Crippen LogP contribution is 2.14. The highest BCUT2D eigenvalue weighted by molar-refractivity contribution is 5.09. The summed E-state index contributed by atoms with van der Waals surface area (Å²) in [6.45, 7) is 8.61. The van der Waals surface area contributed by atoms with Gasteiger partial charge in [-0.15, -0.1) is 0 Å². The molecule has 0 saturated heterocycles. The van der Waals surface area contributed by atoms with Crippen LogP contribution in [0.4, 0.5) is 0 Å². The Balaban J connectivity index is 4.10. The van der Waals surface area contributed by atoms with E-state index in [1.807, 2.05) is 6.08 Å². The molecule has 0 heterocycles. The lowest BCUT2D eigenvalue weighted by Gasteiger charge is -2.10. The largest absolute Gasteiger partial charge is 0.501 e. The van der Waals surface area contributed by atoms with Crippen molar-refractivity contribution < 1.29 is 4.74 Å². The van der Waals surface area contributed by atoms with E-state index in [1.54, 1.807) is 7.11 Å². The van der Waals surface area contributed by atoms with Crippen LogP contribution < -0.4 is 0 Å². The predicted molar refractivity (Wildman–Crippen MR) is 54.0 cm³/mol. The number of allylic oxidation sites excluding steroid dienone is 4. The van der Waals surface area contributed by atoms with E-state index < -0.39 is 0 Å². The zero-order valence-electron chi connectivity index (χ0n) is 8.85. The molecule has 0 aromatic rings. The van der Waals surface area contributed by atoms with Gasteiger partial charge in [-0.05, 0) is 11.5 Å². The zero-order chi connectivity index (χ0) is 9.61. The van der Waals surface area contributed by atoms with E-state index >= 15 is 0 Å². The van der Waals surface area contributed by atoms with Crippen LogP contribution in [0.25, 0.3) is 0 Å². The first-order valence-corrected chi connectivity index (χ1v) is 4.42. The number of rotatable bonds is 3. The van der Waals surface area contributed by atoms with E-state index in [1.165, 1.54) is 0 Å². The second-order valence-electron chi connectivity index (χ2n) is 3.92. The van der Waals surface area contributed by atoms with E-state index in [0.29, 0.717) is 0 Å². The molecule has 0 saturated carbocycles. The standard InChI is InChI=1S/C11H20O/c1-6-10(12-5)8-7-9-11(2,3)4/h7-9H,6H2,1-5H3. The van der Waals surface area contributed by atoms with Gasteiger partial charge in [0.1, 0.15) is 0 Å². The minimum atomic E-state index is 0.253. The molecule has 12 heavy (non-hydrogen) atoms. The van der Waals surface area contributed by atoms with Gasteiger partial charge >= 0.3 is 0 Å². The van der Waals surface area contributed by atoms with Crippen molar-refractivity contribution >= 4 is 0 Å². The SMILES string of the molecule is CCC(=CC=CC(C)(C)C)OC. The van der Waals surface area contributed by atoms with Gasteiger partial charge in [0.2, 0.25) is 0 Å². The molecule has 0 atom stereocenters. The van der Waals surface area contributed by atoms with E-state index in [2.05, 4.69) is 39.8 Å². The van der Waals surface area contributed by atoms with E-state index in [-0.39, 0.29) is 5.41 Å². The van der Waals surface area contributed by atoms with Crippen molar-refractivity contribution in [2.24, 2.45) is 5.41 Å². The molecule has 0 unspecified atom stereocenters. The van der Waals surface area contributed by atoms with Crippen LogP contribution in [-0.4, -0.2) is 7.11 Å². The van der Waals surface area contributed by atoms with Crippen molar-refractivity contribution in [2.45, 2.75) is 34.1 Å². The first-order chi connectivity index (χ1) is 5.49. The third-order valence-corrected chi connectivity index (χ3v) is 1.49. The molecule has 0 aliphatic carbocycles. The Labute approximate surface area is 76.1 Å². The maximum atomic E-state index is 5.12. The van der Waals surface area contributed by atoms with Gasteiger partial charge in [0.15, 0.2) is 0 Å². The maximum Gasteiger partial charge on any atom is 0.0952 e. The van der Waals surface area contributed by atoms with Gasteiger partial charge in [0, 0.05) is 6.42 Å². The summed E-state index contributed by atoms with van der Waals surface area (Å²) in [6.07, 6.45) is 7.19. The molecule has 0 bridgehead atoms. The predicted octanol–water partition coefficient (Wildman–Crippen LogP) is 3.53. The van der Waals surface area contributed by atoms with E-state index in [9.17, 15) is 0 Å². The summed E-state index contributed by atoms with van der Waals surface area (Å²) in [5, 5.41) is 0. The monoisotopic (exact) mass is 168 g/mol. The lowest BCUT2D eigenvalue weighted by Crippen LogP contribution is -1.97. The molecular formula is C11H20O.